The zero-order valence-electron chi connectivity index (χ0n) is 15.6. The normalized spacial score (nSPS) is 13.6. The van der Waals surface area contributed by atoms with Gasteiger partial charge >= 0.3 is 5.63 Å². The second-order valence-corrected chi connectivity index (χ2v) is 6.45. The molecule has 27 heavy (non-hydrogen) atoms. The van der Waals surface area contributed by atoms with Gasteiger partial charge < -0.3 is 19.8 Å². The highest BCUT2D eigenvalue weighted by molar-refractivity contribution is 5.85. The van der Waals surface area contributed by atoms with E-state index in [-0.39, 0.29) is 24.7 Å². The summed E-state index contributed by atoms with van der Waals surface area (Å²) in [6.07, 6.45) is 3.69. The lowest BCUT2D eigenvalue weighted by Gasteiger charge is -2.14. The van der Waals surface area contributed by atoms with Crippen LogP contribution in [0.2, 0.25) is 0 Å². The highest BCUT2D eigenvalue weighted by Crippen LogP contribution is 2.24. The molecule has 1 aromatic carbocycles. The number of hydrogen-bond acceptors (Lipinski definition) is 5. The lowest BCUT2D eigenvalue weighted by Crippen LogP contribution is -2.30. The molecule has 0 aliphatic carbocycles. The quantitative estimate of drug-likeness (QED) is 0.583. The Hall–Kier alpha value is -2.31. The summed E-state index contributed by atoms with van der Waals surface area (Å²) in [4.78, 5) is 24.4. The van der Waals surface area contributed by atoms with Crippen molar-refractivity contribution in [1.29, 1.82) is 0 Å². The van der Waals surface area contributed by atoms with Crippen LogP contribution in [0, 0.1) is 6.92 Å². The van der Waals surface area contributed by atoms with Crippen LogP contribution in [0.25, 0.3) is 11.0 Å². The van der Waals surface area contributed by atoms with Crippen LogP contribution in [0.15, 0.2) is 39.1 Å². The van der Waals surface area contributed by atoms with Gasteiger partial charge in [-0.1, -0.05) is 11.6 Å². The molecule has 2 heterocycles. The average Bonchev–Trinajstić information content (AvgIpc) is 2.66. The SMILES string of the molecule is COc1ccc2c(C)c(CCC(=O)NCC3=CCNCC3)c(=O)oc2c1.Cl. The van der Waals surface area contributed by atoms with Gasteiger partial charge in [-0.2, -0.15) is 0 Å². The van der Waals surface area contributed by atoms with E-state index < -0.39 is 5.63 Å². The highest BCUT2D eigenvalue weighted by Gasteiger charge is 2.14. The van der Waals surface area contributed by atoms with Crippen LogP contribution in [0.1, 0.15) is 24.0 Å². The molecule has 7 heteroatoms. The number of nitrogens with one attached hydrogen (secondary N) is 2. The van der Waals surface area contributed by atoms with Gasteiger partial charge in [0.25, 0.3) is 0 Å². The molecule has 0 saturated carbocycles. The topological polar surface area (TPSA) is 80.6 Å². The zero-order valence-corrected chi connectivity index (χ0v) is 16.4. The molecular formula is C20H25ClN2O4. The van der Waals surface area contributed by atoms with Crippen molar-refractivity contribution in [3.8, 4) is 5.75 Å². The van der Waals surface area contributed by atoms with Gasteiger partial charge in [0.05, 0.1) is 7.11 Å². The van der Waals surface area contributed by atoms with Crippen molar-refractivity contribution < 1.29 is 13.9 Å². The van der Waals surface area contributed by atoms with Gasteiger partial charge in [0.15, 0.2) is 0 Å². The Morgan fingerprint density at radius 2 is 2.19 bits per heavy atom. The summed E-state index contributed by atoms with van der Waals surface area (Å²) in [5.41, 5.74) is 2.76. The van der Waals surface area contributed by atoms with Gasteiger partial charge in [-0.25, -0.2) is 4.79 Å². The van der Waals surface area contributed by atoms with Crippen molar-refractivity contribution in [1.82, 2.24) is 10.6 Å². The van der Waals surface area contributed by atoms with Crippen molar-refractivity contribution in [2.45, 2.75) is 26.2 Å². The van der Waals surface area contributed by atoms with Crippen molar-refractivity contribution in [2.75, 3.05) is 26.7 Å². The highest BCUT2D eigenvalue weighted by atomic mass is 35.5. The number of carbonyl (C=O) groups is 1. The zero-order chi connectivity index (χ0) is 18.5. The van der Waals surface area contributed by atoms with Crippen molar-refractivity contribution in [2.24, 2.45) is 0 Å². The molecule has 0 saturated heterocycles. The third-order valence-electron chi connectivity index (χ3n) is 4.77. The Morgan fingerprint density at radius 3 is 2.89 bits per heavy atom. The number of ether oxygens (including phenoxy) is 1. The molecule has 0 atom stereocenters. The van der Waals surface area contributed by atoms with Gasteiger partial charge in [0.2, 0.25) is 5.91 Å². The molecule has 1 aromatic heterocycles. The molecule has 0 unspecified atom stereocenters. The first kappa shape index (κ1) is 21.0. The molecule has 6 nitrogen and oxygen atoms in total. The van der Waals surface area contributed by atoms with Gasteiger partial charge in [0.1, 0.15) is 11.3 Å². The third-order valence-corrected chi connectivity index (χ3v) is 4.77. The number of carbonyl (C=O) groups excluding carboxylic acids is 1. The number of hydrogen-bond donors (Lipinski definition) is 2. The maximum Gasteiger partial charge on any atom is 0.339 e. The van der Waals surface area contributed by atoms with E-state index in [1.807, 2.05) is 19.1 Å². The first-order valence-electron chi connectivity index (χ1n) is 8.84. The van der Waals surface area contributed by atoms with Gasteiger partial charge in [-0.05, 0) is 44.0 Å². The monoisotopic (exact) mass is 392 g/mol. The molecule has 1 aliphatic rings. The maximum absolute atomic E-state index is 12.3. The summed E-state index contributed by atoms with van der Waals surface area (Å²) in [7, 11) is 1.57. The average molecular weight is 393 g/mol. The second kappa shape index (κ2) is 9.58. The largest absolute Gasteiger partial charge is 0.497 e. The van der Waals surface area contributed by atoms with E-state index in [9.17, 15) is 9.59 Å². The van der Waals surface area contributed by atoms with Gasteiger partial charge in [0, 0.05) is 36.5 Å². The summed E-state index contributed by atoms with van der Waals surface area (Å²) < 4.78 is 10.6. The van der Waals surface area contributed by atoms with E-state index in [0.29, 0.717) is 29.9 Å². The molecule has 146 valence electrons. The Bertz CT molecular complexity index is 905. The van der Waals surface area contributed by atoms with Gasteiger partial charge in [-0.15, -0.1) is 12.4 Å². The molecule has 0 radical (unpaired) electrons. The molecule has 2 aromatic rings. The van der Waals surface area contributed by atoms with Gasteiger partial charge in [-0.3, -0.25) is 4.79 Å². The van der Waals surface area contributed by atoms with Crippen LogP contribution < -0.4 is 21.0 Å². The fourth-order valence-corrected chi connectivity index (χ4v) is 3.16. The molecule has 1 amide bonds. The number of methoxy groups -OCH3 is 1. The second-order valence-electron chi connectivity index (χ2n) is 6.45. The Kier molecular flexibility index (Phi) is 7.45. The van der Waals surface area contributed by atoms with Crippen LogP contribution in [0.4, 0.5) is 0 Å². The minimum Gasteiger partial charge on any atom is -0.497 e. The maximum atomic E-state index is 12.3. The summed E-state index contributed by atoms with van der Waals surface area (Å²) >= 11 is 0. The molecule has 0 spiro atoms. The molecule has 3 rings (SSSR count). The van der Waals surface area contributed by atoms with E-state index in [1.165, 1.54) is 5.57 Å². The van der Waals surface area contributed by atoms with E-state index in [4.69, 9.17) is 9.15 Å². The number of halogens is 1. The number of amides is 1. The predicted octanol–water partition coefficient (Wildman–Crippen LogP) is 2.50. The molecule has 0 fully saturated rings. The van der Waals surface area contributed by atoms with Crippen LogP contribution in [0.5, 0.6) is 5.75 Å². The van der Waals surface area contributed by atoms with Crippen molar-refractivity contribution in [3.63, 3.8) is 0 Å². The lowest BCUT2D eigenvalue weighted by atomic mass is 10.0. The van der Waals surface area contributed by atoms with Crippen LogP contribution >= 0.6 is 12.4 Å². The fraction of sp³-hybridized carbons (Fsp3) is 0.400. The van der Waals surface area contributed by atoms with Crippen LogP contribution in [-0.4, -0.2) is 32.7 Å². The molecule has 0 bridgehead atoms. The number of fused-ring (bicyclic) bond motifs is 1. The first-order chi connectivity index (χ1) is 12.6. The van der Waals surface area contributed by atoms with Crippen molar-refractivity contribution >= 4 is 29.3 Å². The molecule has 1 aliphatic heterocycles. The van der Waals surface area contributed by atoms with E-state index in [2.05, 4.69) is 16.7 Å². The van der Waals surface area contributed by atoms with Crippen LogP contribution in [0.3, 0.4) is 0 Å². The lowest BCUT2D eigenvalue weighted by molar-refractivity contribution is -0.120. The number of aryl methyl sites for hydroxylation is 1. The minimum atomic E-state index is -0.392. The molecular weight excluding hydrogens is 368 g/mol. The van der Waals surface area contributed by atoms with Crippen molar-refractivity contribution in [3.05, 3.63) is 51.4 Å². The summed E-state index contributed by atoms with van der Waals surface area (Å²) in [5.74, 6) is 0.581. The smallest absolute Gasteiger partial charge is 0.339 e. The van der Waals surface area contributed by atoms with E-state index in [0.717, 1.165) is 30.5 Å². The Labute approximate surface area is 164 Å². The fourth-order valence-electron chi connectivity index (χ4n) is 3.16. The van der Waals surface area contributed by atoms with E-state index in [1.54, 1.807) is 13.2 Å². The summed E-state index contributed by atoms with van der Waals surface area (Å²) in [5, 5.41) is 7.03. The first-order valence-corrected chi connectivity index (χ1v) is 8.84. The summed E-state index contributed by atoms with van der Waals surface area (Å²) in [6, 6.07) is 5.41. The number of rotatable bonds is 6. The number of benzene rings is 1. The predicted molar refractivity (Wildman–Crippen MR) is 108 cm³/mol. The molecule has 2 N–H and O–H groups in total. The Morgan fingerprint density at radius 1 is 1.37 bits per heavy atom. The third kappa shape index (κ3) is 5.11. The Balaban J connectivity index is 0.00000261. The summed E-state index contributed by atoms with van der Waals surface area (Å²) in [6.45, 7) is 4.27. The minimum absolute atomic E-state index is 0. The standard InChI is InChI=1S/C20H24N2O4.ClH/c1-13-16-4-3-15(25-2)11-18(16)26-20(24)17(13)5-6-19(23)22-12-14-7-9-21-10-8-14;/h3-4,7,11,21H,5-6,8-10,12H2,1-2H3,(H,22,23);1H. The van der Waals surface area contributed by atoms with Crippen LogP contribution in [-0.2, 0) is 11.2 Å². The van der Waals surface area contributed by atoms with E-state index >= 15 is 0 Å².